The number of aliphatic hydroxyl groups is 1. The van der Waals surface area contributed by atoms with Crippen LogP contribution in [0.25, 0.3) is 0 Å². The molecule has 0 heterocycles. The van der Waals surface area contributed by atoms with Crippen molar-refractivity contribution in [3.63, 3.8) is 0 Å². The van der Waals surface area contributed by atoms with Gasteiger partial charge in [0.1, 0.15) is 0 Å². The molecule has 0 saturated carbocycles. The zero-order chi connectivity index (χ0) is 5.86. The van der Waals surface area contributed by atoms with Crippen LogP contribution in [0.1, 0.15) is 6.92 Å². The molecule has 2 unspecified atom stereocenters. The van der Waals surface area contributed by atoms with Crippen molar-refractivity contribution in [1.82, 2.24) is 0 Å². The molecule has 0 radical (unpaired) electrons. The van der Waals surface area contributed by atoms with Gasteiger partial charge in [0, 0.05) is 0 Å². The summed E-state index contributed by atoms with van der Waals surface area (Å²) in [5, 5.41) is 8.84. The van der Waals surface area contributed by atoms with Crippen LogP contribution in [0.4, 0.5) is 0 Å². The molecule has 0 aromatic carbocycles. The first-order valence-electron chi connectivity index (χ1n) is 2.27. The third kappa shape index (κ3) is 3.41. The van der Waals surface area contributed by atoms with Crippen LogP contribution in [-0.4, -0.2) is 23.5 Å². The van der Waals surface area contributed by atoms with Crippen LogP contribution >= 0.6 is 17.2 Å². The first-order valence-corrected chi connectivity index (χ1v) is 5.13. The smallest absolute Gasteiger partial charge is 0.0703 e. The minimum absolute atomic E-state index is 0.0903. The minimum Gasteiger partial charge on any atom is -0.389 e. The zero-order valence-electron chi connectivity index (χ0n) is 4.76. The molecule has 0 spiro atoms. The molecule has 0 aliphatic rings. The van der Waals surface area contributed by atoms with Gasteiger partial charge in [-0.1, -0.05) is 7.92 Å². The predicted octanol–water partition coefficient (Wildman–Crippen LogP) is 1.27. The largest absolute Gasteiger partial charge is 0.389 e. The first kappa shape index (κ1) is 7.82. The number of hydrogen-bond acceptors (Lipinski definition) is 1. The molecule has 0 amide bonds. The van der Waals surface area contributed by atoms with Gasteiger partial charge in [0.25, 0.3) is 0 Å². The maximum Gasteiger partial charge on any atom is 0.0703 e. The van der Waals surface area contributed by atoms with Crippen LogP contribution in [0.5, 0.6) is 0 Å². The van der Waals surface area contributed by atoms with Crippen molar-refractivity contribution in [2.75, 3.05) is 12.6 Å². The van der Waals surface area contributed by atoms with Crippen molar-refractivity contribution in [1.29, 1.82) is 0 Å². The summed E-state index contributed by atoms with van der Waals surface area (Å²) in [6.45, 7) is 3.93. The Bertz CT molecular complexity index is 47.0. The van der Waals surface area contributed by atoms with Crippen molar-refractivity contribution in [3.05, 3.63) is 0 Å². The van der Waals surface area contributed by atoms with Gasteiger partial charge in [-0.2, -0.15) is 0 Å². The SMILES string of the molecule is C[C@H](O)P(C)CP. The Balaban J connectivity index is 3.14. The number of rotatable bonds is 2. The molecular formula is C4H12OP2. The van der Waals surface area contributed by atoms with Crippen molar-refractivity contribution in [2.45, 2.75) is 12.8 Å². The molecule has 7 heavy (non-hydrogen) atoms. The minimum atomic E-state index is -0.119. The van der Waals surface area contributed by atoms with E-state index in [4.69, 9.17) is 5.11 Å². The van der Waals surface area contributed by atoms with Gasteiger partial charge in [-0.15, -0.1) is 9.24 Å². The lowest BCUT2D eigenvalue weighted by atomic mass is 10.9. The highest BCUT2D eigenvalue weighted by molar-refractivity contribution is 7.63. The van der Waals surface area contributed by atoms with Crippen LogP contribution < -0.4 is 0 Å². The summed E-state index contributed by atoms with van der Waals surface area (Å²) < 4.78 is 0. The van der Waals surface area contributed by atoms with Gasteiger partial charge in [-0.3, -0.25) is 0 Å². The van der Waals surface area contributed by atoms with E-state index in [-0.39, 0.29) is 13.8 Å². The topological polar surface area (TPSA) is 20.2 Å². The lowest BCUT2D eigenvalue weighted by Gasteiger charge is -2.10. The third-order valence-electron chi connectivity index (χ3n) is 0.926. The summed E-state index contributed by atoms with van der Waals surface area (Å²) in [7, 11) is 2.51. The van der Waals surface area contributed by atoms with E-state index in [1.165, 1.54) is 0 Å². The summed E-state index contributed by atoms with van der Waals surface area (Å²) in [5.41, 5.74) is 0. The average Bonchev–Trinajstić information content (AvgIpc) is 1.65. The fourth-order valence-electron chi connectivity index (χ4n) is 0.153. The lowest BCUT2D eigenvalue weighted by Crippen LogP contribution is -1.95. The molecule has 44 valence electrons. The first-order chi connectivity index (χ1) is 3.18. The monoisotopic (exact) mass is 138 g/mol. The van der Waals surface area contributed by atoms with E-state index in [0.717, 1.165) is 5.90 Å². The Labute approximate surface area is 48.5 Å². The second-order valence-corrected chi connectivity index (χ2v) is 5.29. The summed E-state index contributed by atoms with van der Waals surface area (Å²) in [6, 6.07) is 0. The van der Waals surface area contributed by atoms with E-state index in [1.54, 1.807) is 0 Å². The van der Waals surface area contributed by atoms with Crippen LogP contribution in [0.3, 0.4) is 0 Å². The molecule has 0 rings (SSSR count). The van der Waals surface area contributed by atoms with E-state index in [0.29, 0.717) is 0 Å². The molecule has 0 aliphatic heterocycles. The Kier molecular flexibility index (Phi) is 4.22. The summed E-state index contributed by atoms with van der Waals surface area (Å²) in [6.07, 6.45) is 0. The molecule has 1 N–H and O–H groups in total. The Hall–Kier alpha value is 0.820. The Morgan fingerprint density at radius 2 is 2.29 bits per heavy atom. The van der Waals surface area contributed by atoms with Gasteiger partial charge in [0.05, 0.1) is 5.85 Å². The molecule has 0 fully saturated rings. The molecule has 3 heteroatoms. The molecule has 0 aromatic rings. The fraction of sp³-hybridized carbons (Fsp3) is 1.00. The maximum absolute atomic E-state index is 8.84. The number of aliphatic hydroxyl groups excluding tert-OH is 1. The highest BCUT2D eigenvalue weighted by atomic mass is 31.2. The van der Waals surface area contributed by atoms with E-state index in [1.807, 2.05) is 6.92 Å². The fourth-order valence-corrected chi connectivity index (χ4v) is 1.37. The van der Waals surface area contributed by atoms with Crippen LogP contribution in [0.2, 0.25) is 0 Å². The van der Waals surface area contributed by atoms with Gasteiger partial charge in [-0.05, 0) is 19.5 Å². The quantitative estimate of drug-likeness (QED) is 0.569. The van der Waals surface area contributed by atoms with Crippen molar-refractivity contribution >= 4 is 17.2 Å². The van der Waals surface area contributed by atoms with Crippen LogP contribution in [0, 0.1) is 0 Å². The van der Waals surface area contributed by atoms with E-state index >= 15 is 0 Å². The molecule has 0 aliphatic carbocycles. The van der Waals surface area contributed by atoms with Crippen molar-refractivity contribution in [3.8, 4) is 0 Å². The summed E-state index contributed by atoms with van der Waals surface area (Å²) in [4.78, 5) is 0. The Morgan fingerprint density at radius 3 is 2.29 bits per heavy atom. The second kappa shape index (κ2) is 3.78. The van der Waals surface area contributed by atoms with Gasteiger partial charge in [-0.25, -0.2) is 0 Å². The van der Waals surface area contributed by atoms with Crippen molar-refractivity contribution < 1.29 is 5.11 Å². The maximum atomic E-state index is 8.84. The zero-order valence-corrected chi connectivity index (χ0v) is 6.81. The number of hydrogen-bond donors (Lipinski definition) is 1. The van der Waals surface area contributed by atoms with E-state index < -0.39 is 0 Å². The molecular weight excluding hydrogens is 126 g/mol. The summed E-state index contributed by atoms with van der Waals surface area (Å²) in [5.74, 6) is 0.958. The van der Waals surface area contributed by atoms with Gasteiger partial charge >= 0.3 is 0 Å². The average molecular weight is 138 g/mol. The van der Waals surface area contributed by atoms with Gasteiger partial charge < -0.3 is 5.11 Å². The van der Waals surface area contributed by atoms with Crippen LogP contribution in [0.15, 0.2) is 0 Å². The van der Waals surface area contributed by atoms with Crippen LogP contribution in [-0.2, 0) is 0 Å². The normalized spacial score (nSPS) is 18.9. The van der Waals surface area contributed by atoms with E-state index in [9.17, 15) is 0 Å². The standard InChI is InChI=1S/C4H12OP2/c1-4(5)7(2)3-6/h4-5H,3,6H2,1-2H3/t4-,7?/m1/s1. The molecule has 0 bridgehead atoms. The van der Waals surface area contributed by atoms with Crippen molar-refractivity contribution in [2.24, 2.45) is 0 Å². The predicted molar refractivity (Wildman–Crippen MR) is 39.1 cm³/mol. The van der Waals surface area contributed by atoms with Gasteiger partial charge in [0.15, 0.2) is 0 Å². The highest BCUT2D eigenvalue weighted by Gasteiger charge is 2.02. The molecule has 0 saturated heterocycles. The molecule has 1 nitrogen and oxygen atoms in total. The lowest BCUT2D eigenvalue weighted by molar-refractivity contribution is 0.278. The second-order valence-electron chi connectivity index (χ2n) is 1.57. The summed E-state index contributed by atoms with van der Waals surface area (Å²) >= 11 is 0. The molecule has 3 atom stereocenters. The van der Waals surface area contributed by atoms with Gasteiger partial charge in [0.2, 0.25) is 0 Å². The molecule has 0 aromatic heterocycles. The highest BCUT2D eigenvalue weighted by Crippen LogP contribution is 2.36. The Morgan fingerprint density at radius 1 is 1.86 bits per heavy atom. The van der Waals surface area contributed by atoms with E-state index in [2.05, 4.69) is 15.9 Å². The third-order valence-corrected chi connectivity index (χ3v) is 4.51.